The molecule has 0 saturated carbocycles. The van der Waals surface area contributed by atoms with Gasteiger partial charge < -0.3 is 10.8 Å². The van der Waals surface area contributed by atoms with E-state index < -0.39 is 5.56 Å². The van der Waals surface area contributed by atoms with Crippen molar-refractivity contribution in [2.45, 2.75) is 0 Å². The summed E-state index contributed by atoms with van der Waals surface area (Å²) in [4.78, 5) is 16.5. The fraction of sp³-hybridized carbons (Fsp3) is 0. The third-order valence-corrected chi connectivity index (χ3v) is 3.75. The van der Waals surface area contributed by atoms with Crippen molar-refractivity contribution in [3.63, 3.8) is 0 Å². The molecule has 0 aliphatic rings. The van der Waals surface area contributed by atoms with Crippen molar-refractivity contribution >= 4 is 37.4 Å². The maximum Gasteiger partial charge on any atom is 0.287 e. The van der Waals surface area contributed by atoms with Crippen molar-refractivity contribution in [1.29, 1.82) is 0 Å². The number of rotatable bonds is 1. The minimum absolute atomic E-state index is 0.101. The molecule has 6 nitrogen and oxygen atoms in total. The Bertz CT molecular complexity index is 842. The lowest BCUT2D eigenvalue weighted by atomic mass is 10.1. The second-order valence-electron chi connectivity index (χ2n) is 3.76. The Kier molecular flexibility index (Phi) is 2.76. The van der Waals surface area contributed by atoms with Crippen LogP contribution in [-0.2, 0) is 0 Å². The third-order valence-electron chi connectivity index (χ3n) is 2.52. The van der Waals surface area contributed by atoms with Gasteiger partial charge in [-0.2, -0.15) is 9.50 Å². The van der Waals surface area contributed by atoms with E-state index in [9.17, 15) is 9.90 Å². The molecular formula is C11H7BrN4O2S. The summed E-state index contributed by atoms with van der Waals surface area (Å²) in [6.07, 6.45) is 0. The topological polar surface area (TPSA) is 93.5 Å². The predicted molar refractivity (Wildman–Crippen MR) is 76.3 cm³/mol. The zero-order chi connectivity index (χ0) is 13.6. The highest BCUT2D eigenvalue weighted by molar-refractivity contribution is 9.10. The number of anilines is 1. The molecular weight excluding hydrogens is 332 g/mol. The van der Waals surface area contributed by atoms with Crippen molar-refractivity contribution in [3.05, 3.63) is 39.1 Å². The van der Waals surface area contributed by atoms with Gasteiger partial charge in [0.1, 0.15) is 5.56 Å². The standard InChI is InChI=1S/C11H7BrN4O2S/c12-6-3-1-2-5(4-6)7-8(17)14-11-16(9(7)18)15-10(13)19-11/h1-4,17H,(H2,13,15). The molecule has 3 aromatic rings. The molecule has 0 atom stereocenters. The summed E-state index contributed by atoms with van der Waals surface area (Å²) >= 11 is 4.35. The number of aromatic nitrogens is 3. The summed E-state index contributed by atoms with van der Waals surface area (Å²) in [5, 5.41) is 14.0. The van der Waals surface area contributed by atoms with Gasteiger partial charge in [0, 0.05) is 4.47 Å². The van der Waals surface area contributed by atoms with E-state index in [1.807, 2.05) is 6.07 Å². The van der Waals surface area contributed by atoms with Gasteiger partial charge in [-0.1, -0.05) is 39.4 Å². The second kappa shape index (κ2) is 4.32. The quantitative estimate of drug-likeness (QED) is 0.706. The molecule has 0 amide bonds. The van der Waals surface area contributed by atoms with Crippen LogP contribution in [0.4, 0.5) is 5.13 Å². The minimum atomic E-state index is -0.450. The van der Waals surface area contributed by atoms with Crippen LogP contribution in [0.3, 0.4) is 0 Å². The number of benzene rings is 1. The highest BCUT2D eigenvalue weighted by Crippen LogP contribution is 2.27. The van der Waals surface area contributed by atoms with Crippen molar-refractivity contribution in [3.8, 4) is 17.0 Å². The number of nitrogen functional groups attached to an aromatic ring is 1. The van der Waals surface area contributed by atoms with Gasteiger partial charge in [0.2, 0.25) is 16.0 Å². The molecule has 0 radical (unpaired) electrons. The number of halogens is 1. The van der Waals surface area contributed by atoms with Crippen LogP contribution in [0.15, 0.2) is 33.5 Å². The largest absolute Gasteiger partial charge is 0.493 e. The van der Waals surface area contributed by atoms with Gasteiger partial charge in [-0.05, 0) is 17.7 Å². The summed E-state index contributed by atoms with van der Waals surface area (Å²) in [7, 11) is 0. The van der Waals surface area contributed by atoms with Crippen molar-refractivity contribution in [2.75, 3.05) is 5.73 Å². The van der Waals surface area contributed by atoms with Gasteiger partial charge in [-0.3, -0.25) is 4.79 Å². The van der Waals surface area contributed by atoms with Gasteiger partial charge in [0.25, 0.3) is 5.56 Å². The van der Waals surface area contributed by atoms with E-state index in [4.69, 9.17) is 5.73 Å². The average Bonchev–Trinajstić information content (AvgIpc) is 2.70. The molecule has 0 spiro atoms. The summed E-state index contributed by atoms with van der Waals surface area (Å²) in [5.74, 6) is -0.327. The molecule has 8 heteroatoms. The first kappa shape index (κ1) is 12.1. The first-order valence-corrected chi connectivity index (χ1v) is 6.81. The lowest BCUT2D eigenvalue weighted by molar-refractivity contribution is 0.455. The molecule has 0 aliphatic heterocycles. The zero-order valence-corrected chi connectivity index (χ0v) is 11.8. The Morgan fingerprint density at radius 3 is 2.95 bits per heavy atom. The number of aromatic hydroxyl groups is 1. The number of nitrogens with two attached hydrogens (primary N) is 1. The molecule has 2 heterocycles. The molecule has 0 saturated heterocycles. The Balaban J connectivity index is 2.38. The Hall–Kier alpha value is -1.93. The van der Waals surface area contributed by atoms with E-state index in [2.05, 4.69) is 26.0 Å². The maximum absolute atomic E-state index is 12.3. The van der Waals surface area contributed by atoms with Gasteiger partial charge in [0.15, 0.2) is 0 Å². The van der Waals surface area contributed by atoms with Gasteiger partial charge in [-0.25, -0.2) is 0 Å². The normalized spacial score (nSPS) is 11.0. The van der Waals surface area contributed by atoms with Gasteiger partial charge >= 0.3 is 0 Å². The van der Waals surface area contributed by atoms with E-state index in [-0.39, 0.29) is 21.5 Å². The lowest BCUT2D eigenvalue weighted by Crippen LogP contribution is -2.17. The molecule has 0 fully saturated rings. The molecule has 0 aliphatic carbocycles. The third kappa shape index (κ3) is 1.98. The van der Waals surface area contributed by atoms with Crippen LogP contribution < -0.4 is 11.3 Å². The summed E-state index contributed by atoms with van der Waals surface area (Å²) in [6, 6.07) is 7.03. The van der Waals surface area contributed by atoms with Crippen molar-refractivity contribution in [2.24, 2.45) is 0 Å². The van der Waals surface area contributed by atoms with E-state index in [1.165, 1.54) is 0 Å². The summed E-state index contributed by atoms with van der Waals surface area (Å²) < 4.78 is 1.89. The lowest BCUT2D eigenvalue weighted by Gasteiger charge is -2.03. The van der Waals surface area contributed by atoms with E-state index >= 15 is 0 Å². The van der Waals surface area contributed by atoms with E-state index in [0.29, 0.717) is 5.56 Å². The molecule has 96 valence electrons. The average molecular weight is 339 g/mol. The highest BCUT2D eigenvalue weighted by atomic mass is 79.9. The first-order valence-electron chi connectivity index (χ1n) is 5.20. The van der Waals surface area contributed by atoms with Crippen LogP contribution in [0, 0.1) is 0 Å². The fourth-order valence-corrected chi connectivity index (χ4v) is 2.80. The Morgan fingerprint density at radius 2 is 2.21 bits per heavy atom. The number of hydrogen-bond donors (Lipinski definition) is 2. The minimum Gasteiger partial charge on any atom is -0.493 e. The van der Waals surface area contributed by atoms with E-state index in [1.54, 1.807) is 18.2 Å². The summed E-state index contributed by atoms with van der Waals surface area (Å²) in [5.41, 5.74) is 5.75. The van der Waals surface area contributed by atoms with Crippen LogP contribution in [0.25, 0.3) is 16.1 Å². The van der Waals surface area contributed by atoms with Crippen LogP contribution in [-0.4, -0.2) is 19.7 Å². The number of fused-ring (bicyclic) bond motifs is 1. The monoisotopic (exact) mass is 338 g/mol. The molecule has 1 aromatic carbocycles. The molecule has 2 aromatic heterocycles. The highest BCUT2D eigenvalue weighted by Gasteiger charge is 2.16. The molecule has 0 bridgehead atoms. The van der Waals surface area contributed by atoms with Crippen LogP contribution in [0.5, 0.6) is 5.88 Å². The van der Waals surface area contributed by atoms with Crippen LogP contribution >= 0.6 is 27.3 Å². The maximum atomic E-state index is 12.3. The van der Waals surface area contributed by atoms with Crippen LogP contribution in [0.1, 0.15) is 0 Å². The molecule has 3 N–H and O–H groups in total. The Labute approximate surface area is 119 Å². The fourth-order valence-electron chi connectivity index (χ4n) is 1.75. The zero-order valence-electron chi connectivity index (χ0n) is 9.37. The molecule has 19 heavy (non-hydrogen) atoms. The van der Waals surface area contributed by atoms with Gasteiger partial charge in [0.05, 0.1) is 0 Å². The Morgan fingerprint density at radius 1 is 1.42 bits per heavy atom. The van der Waals surface area contributed by atoms with E-state index in [0.717, 1.165) is 20.3 Å². The first-order chi connectivity index (χ1) is 9.06. The second-order valence-corrected chi connectivity index (χ2v) is 5.66. The smallest absolute Gasteiger partial charge is 0.287 e. The molecule has 0 unspecified atom stereocenters. The van der Waals surface area contributed by atoms with Crippen molar-refractivity contribution < 1.29 is 5.11 Å². The number of nitrogens with zero attached hydrogens (tertiary/aromatic N) is 3. The number of hydrogen-bond acceptors (Lipinski definition) is 6. The summed E-state index contributed by atoms with van der Waals surface area (Å²) in [6.45, 7) is 0. The predicted octanol–water partition coefficient (Wildman–Crippen LogP) is 1.87. The van der Waals surface area contributed by atoms with Crippen molar-refractivity contribution in [1.82, 2.24) is 14.6 Å². The van der Waals surface area contributed by atoms with Crippen LogP contribution in [0.2, 0.25) is 0 Å². The molecule has 3 rings (SSSR count). The SMILES string of the molecule is Nc1nn2c(=O)c(-c3cccc(Br)c3)c(O)nc2s1. The van der Waals surface area contributed by atoms with Gasteiger partial charge in [-0.15, -0.1) is 5.10 Å².